The number of fused-ring (bicyclic) bond motifs is 1. The molecule has 0 saturated carbocycles. The number of aromatic nitrogens is 3. The maximum Gasteiger partial charge on any atom is 0.346 e. The lowest BCUT2D eigenvalue weighted by molar-refractivity contribution is -0.119. The van der Waals surface area contributed by atoms with E-state index in [4.69, 9.17) is 0 Å². The first kappa shape index (κ1) is 20.8. The van der Waals surface area contributed by atoms with Gasteiger partial charge < -0.3 is 4.90 Å². The van der Waals surface area contributed by atoms with Crippen molar-refractivity contribution in [1.29, 1.82) is 0 Å². The molecule has 0 atom stereocenters. The van der Waals surface area contributed by atoms with Crippen molar-refractivity contribution < 1.29 is 13.2 Å². The number of aryl methyl sites for hydroxylation is 1. The zero-order valence-corrected chi connectivity index (χ0v) is 18.1. The predicted molar refractivity (Wildman–Crippen MR) is 113 cm³/mol. The van der Waals surface area contributed by atoms with Crippen LogP contribution < -0.4 is 10.6 Å². The zero-order valence-electron chi connectivity index (χ0n) is 17.3. The van der Waals surface area contributed by atoms with Gasteiger partial charge in [-0.2, -0.15) is 5.10 Å². The highest BCUT2D eigenvalue weighted by Gasteiger charge is 2.30. The van der Waals surface area contributed by atoms with E-state index in [2.05, 4.69) is 5.10 Å². The fraction of sp³-hybridized carbons (Fsp3) is 0.550. The molecule has 9 nitrogen and oxygen atoms in total. The van der Waals surface area contributed by atoms with E-state index in [0.29, 0.717) is 38.3 Å². The Balaban J connectivity index is 1.51. The van der Waals surface area contributed by atoms with Gasteiger partial charge in [0.05, 0.1) is 6.26 Å². The monoisotopic (exact) mass is 433 g/mol. The minimum absolute atomic E-state index is 0.00670. The van der Waals surface area contributed by atoms with Gasteiger partial charge in [-0.3, -0.25) is 9.36 Å². The molecule has 2 aromatic rings. The lowest BCUT2D eigenvalue weighted by Crippen LogP contribution is -2.40. The molecule has 0 bridgehead atoms. The molecule has 0 aliphatic carbocycles. The molecule has 2 aliphatic rings. The summed E-state index contributed by atoms with van der Waals surface area (Å²) in [6.07, 6.45) is 4.25. The molecule has 1 amide bonds. The average molecular weight is 434 g/mol. The molecule has 10 heteroatoms. The quantitative estimate of drug-likeness (QED) is 0.707. The third-order valence-corrected chi connectivity index (χ3v) is 7.36. The maximum atomic E-state index is 13.0. The summed E-state index contributed by atoms with van der Waals surface area (Å²) in [5.74, 6) is 0.452. The lowest BCUT2D eigenvalue weighted by atomic mass is 9.97. The molecule has 0 N–H and O–H groups in total. The van der Waals surface area contributed by atoms with Gasteiger partial charge in [0, 0.05) is 38.3 Å². The van der Waals surface area contributed by atoms with Crippen LogP contribution in [0.3, 0.4) is 0 Å². The normalized spacial score (nSPS) is 18.4. The lowest BCUT2D eigenvalue weighted by Gasteiger charge is -2.29. The van der Waals surface area contributed by atoms with E-state index < -0.39 is 10.0 Å². The van der Waals surface area contributed by atoms with Crippen molar-refractivity contribution in [2.45, 2.75) is 38.1 Å². The highest BCUT2D eigenvalue weighted by Crippen LogP contribution is 2.28. The number of benzene rings is 1. The summed E-state index contributed by atoms with van der Waals surface area (Å²) < 4.78 is 27.6. The Morgan fingerprint density at radius 2 is 1.87 bits per heavy atom. The number of rotatable bonds is 4. The van der Waals surface area contributed by atoms with Crippen LogP contribution in [0.25, 0.3) is 0 Å². The Morgan fingerprint density at radius 1 is 1.17 bits per heavy atom. The molecule has 1 fully saturated rings. The highest BCUT2D eigenvalue weighted by atomic mass is 32.2. The topological polar surface area (TPSA) is 97.5 Å². The van der Waals surface area contributed by atoms with E-state index >= 15 is 0 Å². The summed E-state index contributed by atoms with van der Waals surface area (Å²) in [6, 6.07) is 7.85. The van der Waals surface area contributed by atoms with Crippen molar-refractivity contribution in [3.63, 3.8) is 0 Å². The first-order valence-electron chi connectivity index (χ1n) is 10.2. The molecule has 1 aromatic carbocycles. The first-order chi connectivity index (χ1) is 14.3. The van der Waals surface area contributed by atoms with E-state index in [1.807, 2.05) is 24.3 Å². The summed E-state index contributed by atoms with van der Waals surface area (Å²) in [5.41, 5.74) is 1.73. The van der Waals surface area contributed by atoms with E-state index in [1.165, 1.54) is 19.8 Å². The molecular formula is C20H27N5O4S. The van der Waals surface area contributed by atoms with Crippen LogP contribution in [0.15, 0.2) is 29.1 Å². The third kappa shape index (κ3) is 3.93. The van der Waals surface area contributed by atoms with Gasteiger partial charge in [-0.15, -0.1) is 0 Å². The van der Waals surface area contributed by atoms with Crippen LogP contribution >= 0.6 is 0 Å². The summed E-state index contributed by atoms with van der Waals surface area (Å²) in [5, 5.41) is 4.46. The van der Waals surface area contributed by atoms with E-state index in [1.54, 1.807) is 11.9 Å². The number of hydrogen-bond acceptors (Lipinski definition) is 5. The van der Waals surface area contributed by atoms with Crippen LogP contribution in [0.2, 0.25) is 0 Å². The van der Waals surface area contributed by atoms with Gasteiger partial charge in [0.2, 0.25) is 15.9 Å². The molecule has 4 rings (SSSR count). The average Bonchev–Trinajstić information content (AvgIpc) is 3.01. The number of para-hydroxylation sites is 1. The SMILES string of the molecule is Cn1c(C2CCN(S(C)(=O)=O)CC2)nn(CC(=O)N2CCCc3ccccc32)c1=O. The Labute approximate surface area is 175 Å². The molecular weight excluding hydrogens is 406 g/mol. The van der Waals surface area contributed by atoms with Crippen molar-refractivity contribution in [2.24, 2.45) is 7.05 Å². The fourth-order valence-corrected chi connectivity index (χ4v) is 5.29. The van der Waals surface area contributed by atoms with Crippen LogP contribution in [-0.2, 0) is 34.8 Å². The van der Waals surface area contributed by atoms with E-state index in [0.717, 1.165) is 24.1 Å². The van der Waals surface area contributed by atoms with Crippen molar-refractivity contribution in [3.8, 4) is 0 Å². The van der Waals surface area contributed by atoms with Gasteiger partial charge in [-0.25, -0.2) is 22.2 Å². The van der Waals surface area contributed by atoms with Crippen LogP contribution in [0.1, 0.15) is 36.6 Å². The first-order valence-corrected chi connectivity index (χ1v) is 12.1. The minimum Gasteiger partial charge on any atom is -0.311 e. The highest BCUT2D eigenvalue weighted by molar-refractivity contribution is 7.88. The molecule has 0 unspecified atom stereocenters. The number of anilines is 1. The van der Waals surface area contributed by atoms with Crippen LogP contribution in [0.4, 0.5) is 5.69 Å². The van der Waals surface area contributed by atoms with Crippen molar-refractivity contribution in [1.82, 2.24) is 18.7 Å². The predicted octanol–water partition coefficient (Wildman–Crippen LogP) is 0.700. The molecule has 0 radical (unpaired) electrons. The van der Waals surface area contributed by atoms with Gasteiger partial charge in [0.25, 0.3) is 0 Å². The Morgan fingerprint density at radius 3 is 2.57 bits per heavy atom. The maximum absolute atomic E-state index is 13.0. The van der Waals surface area contributed by atoms with Gasteiger partial charge in [-0.05, 0) is 37.3 Å². The second-order valence-corrected chi connectivity index (χ2v) is 10.1. The molecule has 1 saturated heterocycles. The van der Waals surface area contributed by atoms with Crippen molar-refractivity contribution in [2.75, 3.05) is 30.8 Å². The summed E-state index contributed by atoms with van der Waals surface area (Å²) in [6.45, 7) is 1.35. The number of sulfonamides is 1. The number of piperidine rings is 1. The number of amides is 1. The summed E-state index contributed by atoms with van der Waals surface area (Å²) >= 11 is 0. The van der Waals surface area contributed by atoms with Crippen LogP contribution in [0.5, 0.6) is 0 Å². The molecule has 2 aliphatic heterocycles. The summed E-state index contributed by atoms with van der Waals surface area (Å²) in [4.78, 5) is 27.4. The van der Waals surface area contributed by atoms with Gasteiger partial charge >= 0.3 is 5.69 Å². The number of carbonyl (C=O) groups is 1. The largest absolute Gasteiger partial charge is 0.346 e. The van der Waals surface area contributed by atoms with Crippen LogP contribution in [0, 0.1) is 0 Å². The fourth-order valence-electron chi connectivity index (χ4n) is 4.41. The standard InChI is InChI=1S/C20H27N5O4S/c1-22-19(16-9-12-23(13-10-16)30(2,28)29)21-25(20(22)27)14-18(26)24-11-5-7-15-6-3-4-8-17(15)24/h3-4,6,8,16H,5,7,9-14H2,1-2H3. The molecule has 162 valence electrons. The van der Waals surface area contributed by atoms with Crippen LogP contribution in [-0.4, -0.2) is 58.9 Å². The third-order valence-electron chi connectivity index (χ3n) is 6.06. The van der Waals surface area contributed by atoms with Gasteiger partial charge in [0.15, 0.2) is 0 Å². The minimum atomic E-state index is -3.21. The van der Waals surface area contributed by atoms with Gasteiger partial charge in [0.1, 0.15) is 12.4 Å². The second-order valence-electron chi connectivity index (χ2n) is 8.07. The molecule has 1 aromatic heterocycles. The number of nitrogens with zero attached hydrogens (tertiary/aromatic N) is 5. The molecule has 30 heavy (non-hydrogen) atoms. The smallest absolute Gasteiger partial charge is 0.311 e. The zero-order chi connectivity index (χ0) is 21.5. The number of hydrogen-bond donors (Lipinski definition) is 0. The van der Waals surface area contributed by atoms with E-state index in [9.17, 15) is 18.0 Å². The second kappa shape index (κ2) is 7.99. The Bertz CT molecular complexity index is 1110. The Hall–Kier alpha value is -2.46. The van der Waals surface area contributed by atoms with Crippen molar-refractivity contribution in [3.05, 3.63) is 46.1 Å². The summed E-state index contributed by atoms with van der Waals surface area (Å²) in [7, 11) is -1.55. The Kier molecular flexibility index (Phi) is 5.54. The van der Waals surface area contributed by atoms with E-state index in [-0.39, 0.29) is 24.1 Å². The molecule has 0 spiro atoms. The van der Waals surface area contributed by atoms with Gasteiger partial charge in [-0.1, -0.05) is 18.2 Å². The number of carbonyl (C=O) groups excluding carboxylic acids is 1. The molecule has 3 heterocycles. The van der Waals surface area contributed by atoms with Crippen molar-refractivity contribution >= 4 is 21.6 Å².